The predicted octanol–water partition coefficient (Wildman–Crippen LogP) is 4.34. The minimum atomic E-state index is -0.299. The molecule has 4 fully saturated rings. The van der Waals surface area contributed by atoms with Crippen molar-refractivity contribution in [3.63, 3.8) is 0 Å². The van der Waals surface area contributed by atoms with Crippen LogP contribution >= 0.6 is 0 Å². The largest absolute Gasteiger partial charge is 0.453 e. The highest BCUT2D eigenvalue weighted by atomic mass is 19.1. The highest BCUT2D eigenvalue weighted by Crippen LogP contribution is 2.38. The Morgan fingerprint density at radius 2 is 1.26 bits per heavy atom. The number of amides is 3. The number of carbonyl (C=O) groups excluding carboxylic acids is 3. The molecule has 2 aromatic rings. The standard InChI is InChI=1S/C20H26FN3O3.C18H24FN3O/c1-20(7-10-22(13-20)19(26)27-2)23-8-5-16(6-9-23)24-17-12-15(21)4-3-14(17)11-18(24)25;1-18(6-7-20-12-18)21-8-4-15(5-9-21)22-16-11-14(19)3-2-13(16)10-17(22)23/h3-4,12,16H,5-11,13H2,1-2H3;2-3,11,15,20H,4-10,12H2,1H3. The van der Waals surface area contributed by atoms with E-state index in [2.05, 4.69) is 29.0 Å². The molecule has 2 atom stereocenters. The highest BCUT2D eigenvalue weighted by Gasteiger charge is 2.44. The number of hydrogen-bond acceptors (Lipinski definition) is 7. The second-order valence-electron chi connectivity index (χ2n) is 15.4. The third-order valence-electron chi connectivity index (χ3n) is 12.3. The molecular weight excluding hydrogens is 642 g/mol. The predicted molar refractivity (Wildman–Crippen MR) is 187 cm³/mol. The summed E-state index contributed by atoms with van der Waals surface area (Å²) in [5.74, 6) is -0.367. The van der Waals surface area contributed by atoms with E-state index < -0.39 is 0 Å². The summed E-state index contributed by atoms with van der Waals surface area (Å²) in [6, 6.07) is 9.67. The molecule has 6 aliphatic rings. The second-order valence-corrected chi connectivity index (χ2v) is 15.4. The number of piperidine rings is 2. The topological polar surface area (TPSA) is 88.7 Å². The third-order valence-corrected chi connectivity index (χ3v) is 12.3. The van der Waals surface area contributed by atoms with Gasteiger partial charge in [0.05, 0.1) is 31.3 Å². The van der Waals surface area contributed by atoms with Gasteiger partial charge in [0.15, 0.2) is 0 Å². The number of carbonyl (C=O) groups is 3. The first-order valence-electron chi connectivity index (χ1n) is 18.2. The summed E-state index contributed by atoms with van der Waals surface area (Å²) in [7, 11) is 1.41. The summed E-state index contributed by atoms with van der Waals surface area (Å²) in [5, 5.41) is 3.45. The van der Waals surface area contributed by atoms with E-state index >= 15 is 0 Å². The number of benzene rings is 2. The van der Waals surface area contributed by atoms with Crippen molar-refractivity contribution in [2.24, 2.45) is 0 Å². The number of hydrogen-bond donors (Lipinski definition) is 1. The second kappa shape index (κ2) is 13.8. The maximum absolute atomic E-state index is 13.7. The van der Waals surface area contributed by atoms with E-state index in [4.69, 9.17) is 4.74 Å². The van der Waals surface area contributed by atoms with Crippen LogP contribution in [0.1, 0.15) is 63.5 Å². The first kappa shape index (κ1) is 34.8. The molecule has 270 valence electrons. The number of nitrogens with one attached hydrogen (secondary N) is 1. The van der Waals surface area contributed by atoms with Gasteiger partial charge in [-0.3, -0.25) is 19.4 Å². The molecule has 4 saturated heterocycles. The van der Waals surface area contributed by atoms with Crippen molar-refractivity contribution in [1.82, 2.24) is 20.0 Å². The zero-order chi connectivity index (χ0) is 35.2. The Balaban J connectivity index is 0.000000159. The van der Waals surface area contributed by atoms with Gasteiger partial charge < -0.3 is 24.8 Å². The van der Waals surface area contributed by atoms with Crippen LogP contribution in [0.3, 0.4) is 0 Å². The van der Waals surface area contributed by atoms with Crippen LogP contribution in [0, 0.1) is 11.6 Å². The van der Waals surface area contributed by atoms with Crippen LogP contribution in [0.5, 0.6) is 0 Å². The lowest BCUT2D eigenvalue weighted by Crippen LogP contribution is -2.55. The summed E-state index contributed by atoms with van der Waals surface area (Å²) in [5.41, 5.74) is 3.61. The Hall–Kier alpha value is -3.61. The van der Waals surface area contributed by atoms with Gasteiger partial charge in [-0.15, -0.1) is 0 Å². The molecule has 0 spiro atoms. The molecule has 3 amide bonds. The Morgan fingerprint density at radius 3 is 1.72 bits per heavy atom. The summed E-state index contributed by atoms with van der Waals surface area (Å²) < 4.78 is 32.1. The lowest BCUT2D eigenvalue weighted by atomic mass is 9.93. The van der Waals surface area contributed by atoms with Crippen molar-refractivity contribution in [3.8, 4) is 0 Å². The SMILES string of the molecule is CC1(N2CCC(N3C(=O)Cc4ccc(F)cc43)CC2)CCNC1.COC(=O)N1CCC(C)(N2CCC(N3C(=O)Cc4ccc(F)cc43)CC2)C1. The van der Waals surface area contributed by atoms with Gasteiger partial charge in [0.25, 0.3) is 0 Å². The number of halogens is 2. The molecule has 1 N–H and O–H groups in total. The quantitative estimate of drug-likeness (QED) is 0.511. The monoisotopic (exact) mass is 692 g/mol. The fraction of sp³-hybridized carbons (Fsp3) is 0.605. The number of likely N-dealkylation sites (tertiary alicyclic amines) is 3. The number of methoxy groups -OCH3 is 1. The molecule has 6 heterocycles. The molecule has 8 rings (SSSR count). The van der Waals surface area contributed by atoms with Crippen LogP contribution in [-0.2, 0) is 27.2 Å². The van der Waals surface area contributed by atoms with E-state index in [1.807, 2.05) is 9.80 Å². The van der Waals surface area contributed by atoms with Gasteiger partial charge in [0.1, 0.15) is 11.6 Å². The fourth-order valence-corrected chi connectivity index (χ4v) is 9.28. The number of rotatable bonds is 4. The van der Waals surface area contributed by atoms with Crippen molar-refractivity contribution >= 4 is 29.3 Å². The number of ether oxygens (including phenoxy) is 1. The molecule has 0 bridgehead atoms. The summed E-state index contributed by atoms with van der Waals surface area (Å²) in [6.45, 7) is 11.8. The third kappa shape index (κ3) is 6.62. The Bertz CT molecular complexity index is 1620. The maximum Gasteiger partial charge on any atom is 0.409 e. The minimum absolute atomic E-state index is 0.0573. The molecule has 0 radical (unpaired) electrons. The van der Waals surface area contributed by atoms with Gasteiger partial charge in [-0.1, -0.05) is 12.1 Å². The Morgan fingerprint density at radius 1 is 0.760 bits per heavy atom. The lowest BCUT2D eigenvalue weighted by molar-refractivity contribution is -0.118. The molecule has 2 unspecified atom stereocenters. The van der Waals surface area contributed by atoms with Gasteiger partial charge in [0, 0.05) is 69.0 Å². The van der Waals surface area contributed by atoms with Gasteiger partial charge in [-0.25, -0.2) is 13.6 Å². The van der Waals surface area contributed by atoms with E-state index in [-0.39, 0.29) is 52.7 Å². The summed E-state index contributed by atoms with van der Waals surface area (Å²) in [6.07, 6.45) is 6.27. The van der Waals surface area contributed by atoms with Crippen molar-refractivity contribution in [2.45, 2.75) is 88.4 Å². The number of anilines is 2. The molecule has 0 aliphatic carbocycles. The van der Waals surface area contributed by atoms with E-state index in [0.29, 0.717) is 25.9 Å². The summed E-state index contributed by atoms with van der Waals surface area (Å²) >= 11 is 0. The highest BCUT2D eigenvalue weighted by molar-refractivity contribution is 6.02. The smallest absolute Gasteiger partial charge is 0.409 e. The van der Waals surface area contributed by atoms with E-state index in [9.17, 15) is 23.2 Å². The van der Waals surface area contributed by atoms with Gasteiger partial charge in [-0.05, 0) is 94.3 Å². The summed E-state index contributed by atoms with van der Waals surface area (Å²) in [4.78, 5) is 47.2. The zero-order valence-electron chi connectivity index (χ0n) is 29.6. The molecule has 2 aromatic carbocycles. The molecule has 0 saturated carbocycles. The maximum atomic E-state index is 13.7. The van der Waals surface area contributed by atoms with Crippen LogP contribution in [0.2, 0.25) is 0 Å². The van der Waals surface area contributed by atoms with E-state index in [1.54, 1.807) is 17.0 Å². The zero-order valence-corrected chi connectivity index (χ0v) is 29.6. The van der Waals surface area contributed by atoms with Gasteiger partial charge >= 0.3 is 6.09 Å². The van der Waals surface area contributed by atoms with Crippen LogP contribution in [0.4, 0.5) is 25.0 Å². The van der Waals surface area contributed by atoms with Crippen molar-refractivity contribution in [1.29, 1.82) is 0 Å². The first-order chi connectivity index (χ1) is 24.0. The lowest BCUT2D eigenvalue weighted by Gasteiger charge is -2.44. The van der Waals surface area contributed by atoms with Crippen LogP contribution in [-0.4, -0.2) is 115 Å². The van der Waals surface area contributed by atoms with Gasteiger partial charge in [-0.2, -0.15) is 0 Å². The molecular formula is C38H50F2N6O4. The Labute approximate surface area is 293 Å². The average molecular weight is 693 g/mol. The first-order valence-corrected chi connectivity index (χ1v) is 18.2. The molecule has 12 heteroatoms. The number of fused-ring (bicyclic) bond motifs is 2. The fourth-order valence-electron chi connectivity index (χ4n) is 9.28. The van der Waals surface area contributed by atoms with E-state index in [1.165, 1.54) is 37.8 Å². The molecule has 50 heavy (non-hydrogen) atoms. The van der Waals surface area contributed by atoms with Gasteiger partial charge in [0.2, 0.25) is 11.8 Å². The van der Waals surface area contributed by atoms with Crippen molar-refractivity contribution in [3.05, 3.63) is 59.2 Å². The minimum Gasteiger partial charge on any atom is -0.453 e. The molecule has 6 aliphatic heterocycles. The van der Waals surface area contributed by atoms with Crippen molar-refractivity contribution in [2.75, 3.05) is 69.3 Å². The van der Waals surface area contributed by atoms with Crippen LogP contribution < -0.4 is 15.1 Å². The van der Waals surface area contributed by atoms with E-state index in [0.717, 1.165) is 93.9 Å². The van der Waals surface area contributed by atoms with Crippen LogP contribution in [0.15, 0.2) is 36.4 Å². The van der Waals surface area contributed by atoms with Crippen LogP contribution in [0.25, 0.3) is 0 Å². The molecule has 0 aromatic heterocycles. The average Bonchev–Trinajstić information content (AvgIpc) is 3.89. The number of nitrogens with zero attached hydrogens (tertiary/aromatic N) is 5. The Kier molecular flexibility index (Phi) is 9.64. The normalized spacial score (nSPS) is 27.8. The van der Waals surface area contributed by atoms with Crippen molar-refractivity contribution < 1.29 is 27.9 Å². The molecule has 10 nitrogen and oxygen atoms in total.